The number of nitro groups is 1. The van der Waals surface area contributed by atoms with Gasteiger partial charge in [0.2, 0.25) is 5.75 Å². The monoisotopic (exact) mass is 291 g/mol. The van der Waals surface area contributed by atoms with Crippen LogP contribution in [0.25, 0.3) is 0 Å². The predicted octanol–water partition coefficient (Wildman–Crippen LogP) is 4.16. The minimum atomic E-state index is -0.607. The van der Waals surface area contributed by atoms with Crippen LogP contribution < -0.4 is 4.74 Å². The van der Waals surface area contributed by atoms with Crippen LogP contribution in [-0.2, 0) is 0 Å². The van der Waals surface area contributed by atoms with E-state index in [1.807, 2.05) is 6.92 Å². The summed E-state index contributed by atoms with van der Waals surface area (Å²) >= 11 is 6.02. The average molecular weight is 292 g/mol. The van der Waals surface area contributed by atoms with Crippen molar-refractivity contribution in [2.45, 2.75) is 6.92 Å². The summed E-state index contributed by atoms with van der Waals surface area (Å²) in [7, 11) is 0. The minimum absolute atomic E-state index is 0.0337. The van der Waals surface area contributed by atoms with Crippen LogP contribution in [0.2, 0.25) is 5.02 Å². The summed E-state index contributed by atoms with van der Waals surface area (Å²) in [6, 6.07) is 9.09. The van der Waals surface area contributed by atoms with Gasteiger partial charge in [-0.2, -0.15) is 0 Å². The van der Waals surface area contributed by atoms with E-state index in [2.05, 4.69) is 0 Å². The van der Waals surface area contributed by atoms with Gasteiger partial charge in [-0.15, -0.1) is 0 Å². The summed E-state index contributed by atoms with van der Waals surface area (Å²) in [6.45, 7) is 1.87. The van der Waals surface area contributed by atoms with Crippen LogP contribution in [0.1, 0.15) is 15.9 Å². The van der Waals surface area contributed by atoms with E-state index in [1.54, 1.807) is 18.2 Å². The Bertz CT molecular complexity index is 685. The molecule has 6 heteroatoms. The lowest BCUT2D eigenvalue weighted by molar-refractivity contribution is -0.385. The van der Waals surface area contributed by atoms with Gasteiger partial charge in [0, 0.05) is 11.6 Å². The van der Waals surface area contributed by atoms with Crippen LogP contribution in [-0.4, -0.2) is 11.2 Å². The van der Waals surface area contributed by atoms with Crippen molar-refractivity contribution in [1.29, 1.82) is 0 Å². The third kappa shape index (κ3) is 2.95. The normalized spacial score (nSPS) is 10.1. The summed E-state index contributed by atoms with van der Waals surface area (Å²) < 4.78 is 5.47. The number of aryl methyl sites for hydroxylation is 1. The molecule has 0 fully saturated rings. The van der Waals surface area contributed by atoms with Crippen LogP contribution in [0, 0.1) is 17.0 Å². The van der Waals surface area contributed by atoms with E-state index < -0.39 is 4.92 Å². The molecular weight excluding hydrogens is 282 g/mol. The Morgan fingerprint density at radius 1 is 1.20 bits per heavy atom. The lowest BCUT2D eigenvalue weighted by Crippen LogP contribution is -1.95. The van der Waals surface area contributed by atoms with Gasteiger partial charge in [0.25, 0.3) is 0 Å². The van der Waals surface area contributed by atoms with Crippen molar-refractivity contribution in [3.05, 3.63) is 62.7 Å². The zero-order valence-corrected chi connectivity index (χ0v) is 11.3. The van der Waals surface area contributed by atoms with Crippen molar-refractivity contribution in [1.82, 2.24) is 0 Å². The van der Waals surface area contributed by atoms with Crippen LogP contribution in [0.3, 0.4) is 0 Å². The third-order valence-electron chi connectivity index (χ3n) is 2.62. The molecule has 0 atom stereocenters. The number of benzene rings is 2. The number of rotatable bonds is 4. The van der Waals surface area contributed by atoms with Gasteiger partial charge in [-0.25, -0.2) is 0 Å². The van der Waals surface area contributed by atoms with Gasteiger partial charge < -0.3 is 4.74 Å². The zero-order valence-electron chi connectivity index (χ0n) is 10.5. The number of nitrogens with zero attached hydrogens (tertiary/aromatic N) is 1. The fourth-order valence-corrected chi connectivity index (χ4v) is 1.92. The molecule has 0 aromatic heterocycles. The fraction of sp³-hybridized carbons (Fsp3) is 0.0714. The van der Waals surface area contributed by atoms with E-state index in [-0.39, 0.29) is 17.0 Å². The highest BCUT2D eigenvalue weighted by atomic mass is 35.5. The first-order valence-corrected chi connectivity index (χ1v) is 6.06. The van der Waals surface area contributed by atoms with Crippen molar-refractivity contribution in [3.63, 3.8) is 0 Å². The standard InChI is InChI=1S/C14H10ClNO4/c1-9-2-4-13(11(15)6-9)20-14-5-3-10(8-17)7-12(14)16(18)19/h2-8H,1H3. The summed E-state index contributed by atoms with van der Waals surface area (Å²) in [5, 5.41) is 11.4. The molecule has 0 unspecified atom stereocenters. The number of carbonyl (C=O) groups excluding carboxylic acids is 1. The van der Waals surface area contributed by atoms with Crippen LogP contribution in [0.5, 0.6) is 11.5 Å². The molecule has 0 radical (unpaired) electrons. The second-order valence-corrected chi connectivity index (χ2v) is 4.55. The zero-order chi connectivity index (χ0) is 14.7. The van der Waals surface area contributed by atoms with Gasteiger partial charge in [0.15, 0.2) is 0 Å². The van der Waals surface area contributed by atoms with E-state index in [0.717, 1.165) is 11.6 Å². The maximum Gasteiger partial charge on any atom is 0.312 e. The lowest BCUT2D eigenvalue weighted by Gasteiger charge is -2.08. The number of aldehydes is 1. The molecule has 0 aliphatic carbocycles. The molecule has 0 spiro atoms. The Morgan fingerprint density at radius 3 is 2.50 bits per heavy atom. The number of hydrogen-bond donors (Lipinski definition) is 0. The number of carbonyl (C=O) groups is 1. The Kier molecular flexibility index (Phi) is 4.00. The molecule has 0 aliphatic heterocycles. The maximum absolute atomic E-state index is 11.0. The first-order chi connectivity index (χ1) is 9.51. The van der Waals surface area contributed by atoms with Crippen molar-refractivity contribution < 1.29 is 14.5 Å². The number of hydrogen-bond acceptors (Lipinski definition) is 4. The first kappa shape index (κ1) is 14.0. The summed E-state index contributed by atoms with van der Waals surface area (Å²) in [6.07, 6.45) is 0.537. The SMILES string of the molecule is Cc1ccc(Oc2ccc(C=O)cc2[N+](=O)[O-])c(Cl)c1. The molecule has 0 N–H and O–H groups in total. The Hall–Kier alpha value is -2.40. The third-order valence-corrected chi connectivity index (χ3v) is 2.92. The van der Waals surface area contributed by atoms with Crippen molar-refractivity contribution in [3.8, 4) is 11.5 Å². The number of ether oxygens (including phenoxy) is 1. The molecule has 0 saturated heterocycles. The molecule has 0 saturated carbocycles. The number of halogens is 1. The molecule has 2 rings (SSSR count). The topological polar surface area (TPSA) is 69.4 Å². The predicted molar refractivity (Wildman–Crippen MR) is 74.7 cm³/mol. The molecule has 0 bridgehead atoms. The molecular formula is C14H10ClNO4. The summed E-state index contributed by atoms with van der Waals surface area (Å²) in [5.74, 6) is 0.352. The van der Waals surface area contributed by atoms with Crippen molar-refractivity contribution in [2.75, 3.05) is 0 Å². The van der Waals surface area contributed by atoms with Gasteiger partial charge in [0.05, 0.1) is 9.95 Å². The van der Waals surface area contributed by atoms with E-state index in [4.69, 9.17) is 16.3 Å². The second-order valence-electron chi connectivity index (χ2n) is 4.14. The van der Waals surface area contributed by atoms with E-state index in [0.29, 0.717) is 17.1 Å². The first-order valence-electron chi connectivity index (χ1n) is 5.69. The number of nitro benzene ring substituents is 1. The smallest absolute Gasteiger partial charge is 0.312 e. The molecule has 102 valence electrons. The Morgan fingerprint density at radius 2 is 1.90 bits per heavy atom. The molecule has 2 aromatic rings. The van der Waals surface area contributed by atoms with Gasteiger partial charge in [-0.1, -0.05) is 17.7 Å². The molecule has 0 heterocycles. The highest BCUT2D eigenvalue weighted by Crippen LogP contribution is 2.35. The molecule has 5 nitrogen and oxygen atoms in total. The van der Waals surface area contributed by atoms with Gasteiger partial charge in [0.1, 0.15) is 12.0 Å². The van der Waals surface area contributed by atoms with E-state index in [9.17, 15) is 14.9 Å². The van der Waals surface area contributed by atoms with Gasteiger partial charge >= 0.3 is 5.69 Å². The largest absolute Gasteiger partial charge is 0.449 e. The summed E-state index contributed by atoms with van der Waals surface area (Å²) in [4.78, 5) is 21.0. The van der Waals surface area contributed by atoms with Crippen LogP contribution in [0.4, 0.5) is 5.69 Å². The Balaban J connectivity index is 2.42. The quantitative estimate of drug-likeness (QED) is 0.482. The van der Waals surface area contributed by atoms with E-state index in [1.165, 1.54) is 12.1 Å². The lowest BCUT2D eigenvalue weighted by atomic mass is 10.2. The Labute approximate surface area is 119 Å². The van der Waals surface area contributed by atoms with Crippen LogP contribution in [0.15, 0.2) is 36.4 Å². The van der Waals surface area contributed by atoms with Gasteiger partial charge in [-0.3, -0.25) is 14.9 Å². The van der Waals surface area contributed by atoms with Crippen LogP contribution >= 0.6 is 11.6 Å². The highest BCUT2D eigenvalue weighted by Gasteiger charge is 2.17. The maximum atomic E-state index is 11.0. The molecule has 20 heavy (non-hydrogen) atoms. The molecule has 0 aliphatic rings. The average Bonchev–Trinajstić information content (AvgIpc) is 2.42. The highest BCUT2D eigenvalue weighted by molar-refractivity contribution is 6.32. The van der Waals surface area contributed by atoms with E-state index >= 15 is 0 Å². The fourth-order valence-electron chi connectivity index (χ4n) is 1.64. The summed E-state index contributed by atoms with van der Waals surface area (Å²) in [5.41, 5.74) is 0.874. The minimum Gasteiger partial charge on any atom is -0.449 e. The molecule has 0 amide bonds. The van der Waals surface area contributed by atoms with Crippen molar-refractivity contribution in [2.24, 2.45) is 0 Å². The van der Waals surface area contributed by atoms with Crippen molar-refractivity contribution >= 4 is 23.6 Å². The second kappa shape index (κ2) is 5.71. The van der Waals surface area contributed by atoms with Gasteiger partial charge in [-0.05, 0) is 36.8 Å². The molecule has 2 aromatic carbocycles.